The lowest BCUT2D eigenvalue weighted by atomic mass is 9.83. The van der Waals surface area contributed by atoms with Crippen LogP contribution in [0.15, 0.2) is 54.6 Å². The molecule has 0 saturated carbocycles. The Kier molecular flexibility index (Phi) is 6.43. The van der Waals surface area contributed by atoms with Gasteiger partial charge in [0.05, 0.1) is 5.41 Å². The van der Waals surface area contributed by atoms with Gasteiger partial charge in [-0.3, -0.25) is 4.79 Å². The molecule has 0 radical (unpaired) electrons. The number of hydrogen-bond acceptors (Lipinski definition) is 2. The van der Waals surface area contributed by atoms with Gasteiger partial charge in [-0.1, -0.05) is 42.5 Å². The highest BCUT2D eigenvalue weighted by atomic mass is 35.5. The van der Waals surface area contributed by atoms with Crippen LogP contribution in [0, 0.1) is 11.7 Å². The van der Waals surface area contributed by atoms with E-state index in [4.69, 9.17) is 5.73 Å². The third-order valence-corrected chi connectivity index (χ3v) is 5.34. The van der Waals surface area contributed by atoms with Gasteiger partial charge in [0.25, 0.3) is 0 Å². The highest BCUT2D eigenvalue weighted by molar-refractivity contribution is 5.87. The standard InChI is InChI=1S/C21H25FN2O.ClH/c1-21(2,17-9-6-10-18(22)11-17)20(25)24-13-16(12-23)19(14-24)15-7-4-3-5-8-15;/h3-11,16,19H,12-14,23H2,1-2H3;1H/t16-,19+;/m1./s1. The van der Waals surface area contributed by atoms with Crippen LogP contribution in [0.3, 0.4) is 0 Å². The fraction of sp³-hybridized carbons (Fsp3) is 0.381. The molecule has 0 spiro atoms. The third kappa shape index (κ3) is 3.92. The molecular formula is C21H26ClFN2O. The second kappa shape index (κ2) is 8.19. The van der Waals surface area contributed by atoms with Gasteiger partial charge < -0.3 is 10.6 Å². The van der Waals surface area contributed by atoms with Crippen LogP contribution in [0.5, 0.6) is 0 Å². The quantitative estimate of drug-likeness (QED) is 0.883. The van der Waals surface area contributed by atoms with Crippen molar-refractivity contribution in [3.05, 3.63) is 71.5 Å². The van der Waals surface area contributed by atoms with Gasteiger partial charge in [0, 0.05) is 19.0 Å². The van der Waals surface area contributed by atoms with E-state index in [9.17, 15) is 9.18 Å². The van der Waals surface area contributed by atoms with E-state index in [1.165, 1.54) is 17.7 Å². The Morgan fingerprint density at radius 1 is 1.15 bits per heavy atom. The molecule has 1 amide bonds. The van der Waals surface area contributed by atoms with Crippen molar-refractivity contribution in [1.82, 2.24) is 4.90 Å². The maximum atomic E-state index is 13.6. The van der Waals surface area contributed by atoms with Crippen molar-refractivity contribution in [1.29, 1.82) is 0 Å². The van der Waals surface area contributed by atoms with Gasteiger partial charge >= 0.3 is 0 Å². The Morgan fingerprint density at radius 2 is 1.85 bits per heavy atom. The molecule has 3 rings (SSSR count). The lowest BCUT2D eigenvalue weighted by molar-refractivity contribution is -0.135. The van der Waals surface area contributed by atoms with E-state index < -0.39 is 5.41 Å². The Bertz CT molecular complexity index is 751. The summed E-state index contributed by atoms with van der Waals surface area (Å²) >= 11 is 0. The molecule has 2 atom stereocenters. The zero-order valence-electron chi connectivity index (χ0n) is 15.2. The number of amides is 1. The molecule has 0 aliphatic carbocycles. The summed E-state index contributed by atoms with van der Waals surface area (Å²) < 4.78 is 13.6. The minimum Gasteiger partial charge on any atom is -0.341 e. The largest absolute Gasteiger partial charge is 0.341 e. The number of benzene rings is 2. The van der Waals surface area contributed by atoms with E-state index in [1.807, 2.05) is 43.0 Å². The molecule has 140 valence electrons. The van der Waals surface area contributed by atoms with Crippen molar-refractivity contribution in [2.24, 2.45) is 11.7 Å². The maximum Gasteiger partial charge on any atom is 0.232 e. The fourth-order valence-corrected chi connectivity index (χ4v) is 3.75. The van der Waals surface area contributed by atoms with E-state index in [1.54, 1.807) is 6.07 Å². The molecule has 1 saturated heterocycles. The normalized spacial score (nSPS) is 19.9. The molecule has 2 N–H and O–H groups in total. The second-order valence-corrected chi connectivity index (χ2v) is 7.36. The molecule has 1 aliphatic heterocycles. The minimum atomic E-state index is -0.771. The first-order valence-electron chi connectivity index (χ1n) is 8.74. The van der Waals surface area contributed by atoms with Crippen LogP contribution in [0.25, 0.3) is 0 Å². The molecule has 0 bridgehead atoms. The molecule has 26 heavy (non-hydrogen) atoms. The minimum absolute atomic E-state index is 0. The highest BCUT2D eigenvalue weighted by Crippen LogP contribution is 2.35. The number of halogens is 2. The van der Waals surface area contributed by atoms with Gasteiger partial charge in [0.15, 0.2) is 0 Å². The van der Waals surface area contributed by atoms with Crippen LogP contribution < -0.4 is 5.73 Å². The predicted octanol–water partition coefficient (Wildman–Crippen LogP) is 3.73. The number of hydrogen-bond donors (Lipinski definition) is 1. The molecule has 0 unspecified atom stereocenters. The lowest BCUT2D eigenvalue weighted by Gasteiger charge is -2.30. The topological polar surface area (TPSA) is 46.3 Å². The van der Waals surface area contributed by atoms with Gasteiger partial charge in [-0.2, -0.15) is 0 Å². The molecule has 2 aromatic carbocycles. The van der Waals surface area contributed by atoms with E-state index in [0.717, 1.165) is 0 Å². The van der Waals surface area contributed by atoms with Crippen LogP contribution >= 0.6 is 12.4 Å². The van der Waals surface area contributed by atoms with Crippen molar-refractivity contribution in [3.63, 3.8) is 0 Å². The predicted molar refractivity (Wildman–Crippen MR) is 105 cm³/mol. The summed E-state index contributed by atoms with van der Waals surface area (Å²) in [7, 11) is 0. The number of carbonyl (C=O) groups excluding carboxylic acids is 1. The fourth-order valence-electron chi connectivity index (χ4n) is 3.75. The average Bonchev–Trinajstić information content (AvgIpc) is 3.06. The van der Waals surface area contributed by atoms with E-state index in [2.05, 4.69) is 12.1 Å². The van der Waals surface area contributed by atoms with Gasteiger partial charge in [-0.15, -0.1) is 12.4 Å². The number of nitrogens with zero attached hydrogens (tertiary/aromatic N) is 1. The Morgan fingerprint density at radius 3 is 2.46 bits per heavy atom. The zero-order valence-corrected chi connectivity index (χ0v) is 16.0. The number of carbonyl (C=O) groups is 1. The van der Waals surface area contributed by atoms with Gasteiger partial charge in [0.1, 0.15) is 5.82 Å². The van der Waals surface area contributed by atoms with Gasteiger partial charge in [0.2, 0.25) is 5.91 Å². The number of nitrogens with two attached hydrogens (primary N) is 1. The van der Waals surface area contributed by atoms with Gasteiger partial charge in [-0.05, 0) is 49.6 Å². The molecule has 1 fully saturated rings. The summed E-state index contributed by atoms with van der Waals surface area (Å²) in [5.41, 5.74) is 7.12. The van der Waals surface area contributed by atoms with Crippen molar-refractivity contribution in [2.45, 2.75) is 25.2 Å². The zero-order chi connectivity index (χ0) is 18.0. The molecule has 3 nitrogen and oxygen atoms in total. The van der Waals surface area contributed by atoms with Crippen LogP contribution in [0.2, 0.25) is 0 Å². The van der Waals surface area contributed by atoms with Gasteiger partial charge in [-0.25, -0.2) is 4.39 Å². The van der Waals surface area contributed by atoms with Crippen LogP contribution in [-0.4, -0.2) is 30.4 Å². The lowest BCUT2D eigenvalue weighted by Crippen LogP contribution is -2.42. The summed E-state index contributed by atoms with van der Waals surface area (Å²) in [4.78, 5) is 15.1. The average molecular weight is 377 g/mol. The van der Waals surface area contributed by atoms with Crippen LogP contribution in [0.4, 0.5) is 4.39 Å². The Labute approximate surface area is 160 Å². The molecule has 5 heteroatoms. The number of rotatable bonds is 4. The molecule has 1 heterocycles. The summed E-state index contributed by atoms with van der Waals surface area (Å²) in [5.74, 6) is 0.199. The Hall–Kier alpha value is -1.91. The van der Waals surface area contributed by atoms with Crippen molar-refractivity contribution >= 4 is 18.3 Å². The first-order valence-corrected chi connectivity index (χ1v) is 8.74. The number of likely N-dealkylation sites (tertiary alicyclic amines) is 1. The van der Waals surface area contributed by atoms with E-state index in [-0.39, 0.29) is 36.0 Å². The van der Waals surface area contributed by atoms with Crippen molar-refractivity contribution in [2.75, 3.05) is 19.6 Å². The summed E-state index contributed by atoms with van der Waals surface area (Å²) in [6.45, 7) is 5.57. The molecule has 1 aliphatic rings. The highest BCUT2D eigenvalue weighted by Gasteiger charge is 2.41. The third-order valence-electron chi connectivity index (χ3n) is 5.34. The molecule has 0 aromatic heterocycles. The smallest absolute Gasteiger partial charge is 0.232 e. The first kappa shape index (κ1) is 20.4. The van der Waals surface area contributed by atoms with Crippen molar-refractivity contribution in [3.8, 4) is 0 Å². The van der Waals surface area contributed by atoms with Crippen LogP contribution in [-0.2, 0) is 10.2 Å². The molecule has 2 aromatic rings. The van der Waals surface area contributed by atoms with Crippen molar-refractivity contribution < 1.29 is 9.18 Å². The second-order valence-electron chi connectivity index (χ2n) is 7.36. The SMILES string of the molecule is CC(C)(C(=O)N1C[C@@H](CN)[C@H](c2ccccc2)C1)c1cccc(F)c1.Cl. The van der Waals surface area contributed by atoms with Crippen LogP contribution in [0.1, 0.15) is 30.9 Å². The summed E-state index contributed by atoms with van der Waals surface area (Å²) in [6.07, 6.45) is 0. The Balaban J connectivity index is 0.00000243. The first-order chi connectivity index (χ1) is 11.9. The van der Waals surface area contributed by atoms with E-state index in [0.29, 0.717) is 25.2 Å². The maximum absolute atomic E-state index is 13.6. The molecular weight excluding hydrogens is 351 g/mol. The monoisotopic (exact) mass is 376 g/mol. The summed E-state index contributed by atoms with van der Waals surface area (Å²) in [6, 6.07) is 16.5. The van der Waals surface area contributed by atoms with E-state index >= 15 is 0 Å². The summed E-state index contributed by atoms with van der Waals surface area (Å²) in [5, 5.41) is 0.